The fourth-order valence-corrected chi connectivity index (χ4v) is 2.04. The molecule has 0 spiro atoms. The van der Waals surface area contributed by atoms with Gasteiger partial charge in [-0.05, 0) is 38.8 Å². The average molecular weight is 290 g/mol. The van der Waals surface area contributed by atoms with Gasteiger partial charge in [-0.25, -0.2) is 0 Å². The SMILES string of the molecule is Cc1c(Oc2cc(O)c(O)c(C)c2C)cc(O)c(O)c1C. The maximum absolute atomic E-state index is 9.69. The lowest BCUT2D eigenvalue weighted by Gasteiger charge is -2.16. The maximum Gasteiger partial charge on any atom is 0.161 e. The highest BCUT2D eigenvalue weighted by Gasteiger charge is 2.16. The molecular weight excluding hydrogens is 272 g/mol. The normalized spacial score (nSPS) is 10.7. The van der Waals surface area contributed by atoms with E-state index in [1.54, 1.807) is 27.7 Å². The number of ether oxygens (including phenoxy) is 1. The zero-order chi connectivity index (χ0) is 15.9. The molecule has 0 saturated carbocycles. The van der Waals surface area contributed by atoms with Crippen molar-refractivity contribution in [3.63, 3.8) is 0 Å². The summed E-state index contributed by atoms with van der Waals surface area (Å²) < 4.78 is 5.73. The fourth-order valence-electron chi connectivity index (χ4n) is 2.04. The Hall–Kier alpha value is -2.56. The molecule has 0 fully saturated rings. The summed E-state index contributed by atoms with van der Waals surface area (Å²) in [4.78, 5) is 0. The molecule has 0 radical (unpaired) electrons. The van der Waals surface area contributed by atoms with Crippen LogP contribution in [0.25, 0.3) is 0 Å². The number of hydrogen-bond donors (Lipinski definition) is 4. The summed E-state index contributed by atoms with van der Waals surface area (Å²) in [5.74, 6) is -0.163. The summed E-state index contributed by atoms with van der Waals surface area (Å²) in [6.45, 7) is 6.85. The molecule has 0 aliphatic heterocycles. The van der Waals surface area contributed by atoms with Gasteiger partial charge in [-0.2, -0.15) is 0 Å². The predicted molar refractivity (Wildman–Crippen MR) is 78.6 cm³/mol. The van der Waals surface area contributed by atoms with Crippen LogP contribution in [0, 0.1) is 27.7 Å². The van der Waals surface area contributed by atoms with Gasteiger partial charge in [-0.1, -0.05) is 0 Å². The van der Waals surface area contributed by atoms with Gasteiger partial charge in [-0.3, -0.25) is 0 Å². The van der Waals surface area contributed by atoms with Crippen LogP contribution in [0.2, 0.25) is 0 Å². The minimum atomic E-state index is -0.273. The van der Waals surface area contributed by atoms with Gasteiger partial charge in [0.2, 0.25) is 0 Å². The number of phenolic OH excluding ortho intramolecular Hbond substituents is 4. The van der Waals surface area contributed by atoms with Crippen molar-refractivity contribution in [2.45, 2.75) is 27.7 Å². The smallest absolute Gasteiger partial charge is 0.161 e. The Labute approximate surface area is 122 Å². The third-order valence-corrected chi connectivity index (χ3v) is 3.82. The van der Waals surface area contributed by atoms with Crippen LogP contribution in [0.1, 0.15) is 22.3 Å². The molecule has 0 aliphatic carbocycles. The Morgan fingerprint density at radius 3 is 1.29 bits per heavy atom. The first-order valence-electron chi connectivity index (χ1n) is 6.46. The summed E-state index contributed by atoms with van der Waals surface area (Å²) in [6, 6.07) is 2.63. The van der Waals surface area contributed by atoms with Gasteiger partial charge >= 0.3 is 0 Å². The van der Waals surface area contributed by atoms with Gasteiger partial charge in [0.15, 0.2) is 23.0 Å². The van der Waals surface area contributed by atoms with Crippen LogP contribution >= 0.6 is 0 Å². The highest BCUT2D eigenvalue weighted by atomic mass is 16.5. The molecule has 5 nitrogen and oxygen atoms in total. The third kappa shape index (κ3) is 2.42. The Kier molecular flexibility index (Phi) is 3.60. The molecule has 2 rings (SSSR count). The minimum Gasteiger partial charge on any atom is -0.504 e. The lowest BCUT2D eigenvalue weighted by molar-refractivity contribution is 0.387. The van der Waals surface area contributed by atoms with E-state index in [1.807, 2.05) is 0 Å². The summed E-state index contributed by atoms with van der Waals surface area (Å²) in [5, 5.41) is 38.7. The predicted octanol–water partition coefficient (Wildman–Crippen LogP) is 3.53. The molecule has 2 aromatic carbocycles. The number of aromatic hydroxyl groups is 4. The summed E-state index contributed by atoms with van der Waals surface area (Å²) in [7, 11) is 0. The average Bonchev–Trinajstić information content (AvgIpc) is 2.45. The Morgan fingerprint density at radius 2 is 0.952 bits per heavy atom. The van der Waals surface area contributed by atoms with E-state index in [2.05, 4.69) is 0 Å². The van der Waals surface area contributed by atoms with Gasteiger partial charge in [0.1, 0.15) is 11.5 Å². The van der Waals surface area contributed by atoms with E-state index in [1.165, 1.54) is 12.1 Å². The van der Waals surface area contributed by atoms with Crippen LogP contribution in [0.15, 0.2) is 12.1 Å². The molecule has 0 aromatic heterocycles. The Balaban J connectivity index is 2.54. The first kappa shape index (κ1) is 14.8. The van der Waals surface area contributed by atoms with Crippen LogP contribution in [0.5, 0.6) is 34.5 Å². The summed E-state index contributed by atoms with van der Waals surface area (Å²) in [6.07, 6.45) is 0. The van der Waals surface area contributed by atoms with Crippen LogP contribution < -0.4 is 4.74 Å². The molecule has 112 valence electrons. The topological polar surface area (TPSA) is 90.2 Å². The Morgan fingerprint density at radius 1 is 0.619 bits per heavy atom. The van der Waals surface area contributed by atoms with Crippen molar-refractivity contribution in [2.75, 3.05) is 0 Å². The van der Waals surface area contributed by atoms with E-state index in [0.29, 0.717) is 33.8 Å². The number of phenols is 4. The number of benzene rings is 2. The highest BCUT2D eigenvalue weighted by molar-refractivity contribution is 5.59. The van der Waals surface area contributed by atoms with Crippen molar-refractivity contribution in [3.05, 3.63) is 34.4 Å². The van der Waals surface area contributed by atoms with Gasteiger partial charge in [0.05, 0.1) is 0 Å². The molecular formula is C16H18O5. The van der Waals surface area contributed by atoms with Gasteiger partial charge in [-0.15, -0.1) is 0 Å². The second-order valence-electron chi connectivity index (χ2n) is 5.09. The van der Waals surface area contributed by atoms with Crippen molar-refractivity contribution >= 4 is 0 Å². The lowest BCUT2D eigenvalue weighted by Crippen LogP contribution is -1.95. The van der Waals surface area contributed by atoms with Gasteiger partial charge in [0, 0.05) is 23.3 Å². The standard InChI is InChI=1S/C16H18O5/c1-7-9(3)15(19)11(17)5-13(7)21-14-6-12(18)16(20)10(4)8(14)2/h5-6,17-20H,1-4H3. The van der Waals surface area contributed by atoms with Crippen LogP contribution in [0.4, 0.5) is 0 Å². The van der Waals surface area contributed by atoms with Crippen molar-refractivity contribution in [1.82, 2.24) is 0 Å². The zero-order valence-electron chi connectivity index (χ0n) is 12.4. The van der Waals surface area contributed by atoms with E-state index in [4.69, 9.17) is 4.74 Å². The number of rotatable bonds is 2. The Bertz CT molecular complexity index is 658. The zero-order valence-corrected chi connectivity index (χ0v) is 12.4. The molecule has 0 atom stereocenters. The molecule has 0 heterocycles. The van der Waals surface area contributed by atoms with Gasteiger partial charge in [0.25, 0.3) is 0 Å². The minimum absolute atomic E-state index is 0.179. The quantitative estimate of drug-likeness (QED) is 0.635. The molecule has 5 heteroatoms. The largest absolute Gasteiger partial charge is 0.504 e. The van der Waals surface area contributed by atoms with Crippen molar-refractivity contribution in [2.24, 2.45) is 0 Å². The third-order valence-electron chi connectivity index (χ3n) is 3.82. The molecule has 21 heavy (non-hydrogen) atoms. The summed E-state index contributed by atoms with van der Waals surface area (Å²) >= 11 is 0. The molecule has 0 aliphatic rings. The van der Waals surface area contributed by atoms with E-state index >= 15 is 0 Å². The monoisotopic (exact) mass is 290 g/mol. The van der Waals surface area contributed by atoms with Crippen LogP contribution in [0.3, 0.4) is 0 Å². The van der Waals surface area contributed by atoms with E-state index in [0.717, 1.165) is 0 Å². The van der Waals surface area contributed by atoms with E-state index < -0.39 is 0 Å². The first-order chi connectivity index (χ1) is 9.73. The van der Waals surface area contributed by atoms with Crippen LogP contribution in [-0.2, 0) is 0 Å². The molecule has 0 unspecified atom stereocenters. The highest BCUT2D eigenvalue weighted by Crippen LogP contribution is 2.42. The number of hydrogen-bond acceptors (Lipinski definition) is 5. The molecule has 0 amide bonds. The second-order valence-corrected chi connectivity index (χ2v) is 5.09. The fraction of sp³-hybridized carbons (Fsp3) is 0.250. The summed E-state index contributed by atoms with van der Waals surface area (Å²) in [5.41, 5.74) is 2.38. The van der Waals surface area contributed by atoms with Crippen LogP contribution in [-0.4, -0.2) is 20.4 Å². The van der Waals surface area contributed by atoms with Crippen molar-refractivity contribution < 1.29 is 25.2 Å². The maximum atomic E-state index is 9.69. The molecule has 4 N–H and O–H groups in total. The van der Waals surface area contributed by atoms with Crippen molar-refractivity contribution in [3.8, 4) is 34.5 Å². The van der Waals surface area contributed by atoms with Crippen molar-refractivity contribution in [1.29, 1.82) is 0 Å². The molecule has 0 bridgehead atoms. The van der Waals surface area contributed by atoms with E-state index in [9.17, 15) is 20.4 Å². The second kappa shape index (κ2) is 5.09. The van der Waals surface area contributed by atoms with E-state index in [-0.39, 0.29) is 23.0 Å². The first-order valence-corrected chi connectivity index (χ1v) is 6.46. The van der Waals surface area contributed by atoms with Gasteiger partial charge < -0.3 is 25.2 Å². The molecule has 2 aromatic rings. The lowest BCUT2D eigenvalue weighted by atomic mass is 10.1. The molecule has 0 saturated heterocycles.